The number of hydrogen-bond donors (Lipinski definition) is 2. The second-order valence-electron chi connectivity index (χ2n) is 9.29. The highest BCUT2D eigenvalue weighted by molar-refractivity contribution is 6.00. The number of nitrogens with one attached hydrogen (secondary N) is 2. The van der Waals surface area contributed by atoms with Gasteiger partial charge in [-0.3, -0.25) is 25.0 Å². The Hall–Kier alpha value is -4.43. The van der Waals surface area contributed by atoms with Gasteiger partial charge in [0.05, 0.1) is 23.1 Å². The molecule has 0 unspecified atom stereocenters. The van der Waals surface area contributed by atoms with Crippen LogP contribution < -0.4 is 0 Å². The summed E-state index contributed by atoms with van der Waals surface area (Å²) in [6.07, 6.45) is 13.7. The van der Waals surface area contributed by atoms with Crippen LogP contribution in [-0.4, -0.2) is 53.1 Å². The summed E-state index contributed by atoms with van der Waals surface area (Å²) >= 11 is 0. The lowest BCUT2D eigenvalue weighted by Crippen LogP contribution is -2.18. The van der Waals surface area contributed by atoms with Crippen molar-refractivity contribution in [1.29, 1.82) is 0 Å². The molecular formula is C28H24N8. The van der Waals surface area contributed by atoms with Crippen LogP contribution in [0, 0.1) is 0 Å². The van der Waals surface area contributed by atoms with Crippen LogP contribution in [-0.2, 0) is 6.54 Å². The van der Waals surface area contributed by atoms with E-state index in [2.05, 4.69) is 53.2 Å². The maximum Gasteiger partial charge on any atom is 0.138 e. The van der Waals surface area contributed by atoms with Gasteiger partial charge in [-0.05, 0) is 79.0 Å². The van der Waals surface area contributed by atoms with Crippen molar-refractivity contribution in [3.8, 4) is 33.8 Å². The lowest BCUT2D eigenvalue weighted by atomic mass is 10.0. The highest BCUT2D eigenvalue weighted by Crippen LogP contribution is 2.34. The number of H-pyrrole nitrogens is 2. The summed E-state index contributed by atoms with van der Waals surface area (Å²) in [6, 6.07) is 12.5. The molecule has 1 saturated heterocycles. The summed E-state index contributed by atoms with van der Waals surface area (Å²) in [5.74, 6) is 0. The summed E-state index contributed by atoms with van der Waals surface area (Å²) in [4.78, 5) is 23.9. The number of rotatable bonds is 5. The zero-order valence-corrected chi connectivity index (χ0v) is 19.6. The van der Waals surface area contributed by atoms with Gasteiger partial charge in [0, 0.05) is 53.9 Å². The van der Waals surface area contributed by atoms with Crippen LogP contribution >= 0.6 is 0 Å². The Bertz CT molecular complexity index is 1680. The zero-order chi connectivity index (χ0) is 23.9. The molecule has 2 N–H and O–H groups in total. The molecule has 0 spiro atoms. The minimum absolute atomic E-state index is 0.823. The lowest BCUT2D eigenvalue weighted by molar-refractivity contribution is 0.331. The van der Waals surface area contributed by atoms with Crippen molar-refractivity contribution >= 4 is 21.9 Å². The molecule has 1 aliphatic heterocycles. The highest BCUT2D eigenvalue weighted by Gasteiger charge is 2.16. The summed E-state index contributed by atoms with van der Waals surface area (Å²) in [7, 11) is 0. The van der Waals surface area contributed by atoms with E-state index in [4.69, 9.17) is 4.98 Å². The predicted octanol–water partition coefficient (Wildman–Crippen LogP) is 5.22. The van der Waals surface area contributed by atoms with Gasteiger partial charge < -0.3 is 4.98 Å². The summed E-state index contributed by atoms with van der Waals surface area (Å²) < 4.78 is 0. The Kier molecular flexibility index (Phi) is 5.03. The smallest absolute Gasteiger partial charge is 0.138 e. The summed E-state index contributed by atoms with van der Waals surface area (Å²) in [5, 5.41) is 9.81. The number of fused-ring (bicyclic) bond motifs is 2. The van der Waals surface area contributed by atoms with E-state index in [1.165, 1.54) is 18.4 Å². The van der Waals surface area contributed by atoms with Crippen molar-refractivity contribution in [2.24, 2.45) is 0 Å². The monoisotopic (exact) mass is 472 g/mol. The zero-order valence-electron chi connectivity index (χ0n) is 19.6. The first-order chi connectivity index (χ1) is 17.8. The molecular weight excluding hydrogens is 448 g/mol. The first-order valence-corrected chi connectivity index (χ1v) is 12.2. The van der Waals surface area contributed by atoms with Gasteiger partial charge >= 0.3 is 0 Å². The molecule has 7 rings (SSSR count). The van der Waals surface area contributed by atoms with Crippen molar-refractivity contribution in [2.75, 3.05) is 13.1 Å². The molecule has 1 fully saturated rings. The van der Waals surface area contributed by atoms with E-state index < -0.39 is 0 Å². The van der Waals surface area contributed by atoms with E-state index in [1.807, 2.05) is 43.0 Å². The minimum Gasteiger partial charge on any atom is -0.338 e. The number of pyridine rings is 4. The Morgan fingerprint density at radius 3 is 2.58 bits per heavy atom. The van der Waals surface area contributed by atoms with Gasteiger partial charge in [0.15, 0.2) is 0 Å². The molecule has 8 nitrogen and oxygen atoms in total. The fourth-order valence-corrected chi connectivity index (χ4v) is 5.13. The third-order valence-corrected chi connectivity index (χ3v) is 6.92. The third kappa shape index (κ3) is 3.72. The van der Waals surface area contributed by atoms with Gasteiger partial charge in [0.1, 0.15) is 11.3 Å². The standard InChI is InChI=1S/C28H24N8/c1-2-10-36(9-1)17-18-11-20(15-30-14-18)24-13-23-26(16-32-24)34-35-27(23)25-12-22-21(5-8-31-28(22)33-25)19-3-6-29-7-4-19/h3-8,11-16H,1-2,9-10,17H2,(H,31,33)(H,34,35). The van der Waals surface area contributed by atoms with E-state index in [0.717, 1.165) is 75.3 Å². The summed E-state index contributed by atoms with van der Waals surface area (Å²) in [5.41, 5.74) is 8.77. The fourth-order valence-electron chi connectivity index (χ4n) is 5.13. The molecule has 6 aromatic heterocycles. The van der Waals surface area contributed by atoms with E-state index in [-0.39, 0.29) is 0 Å². The van der Waals surface area contributed by atoms with Crippen LogP contribution in [0.4, 0.5) is 0 Å². The first kappa shape index (κ1) is 20.9. The highest BCUT2D eigenvalue weighted by atomic mass is 15.1. The topological polar surface area (TPSA) is 99.3 Å². The molecule has 36 heavy (non-hydrogen) atoms. The lowest BCUT2D eigenvalue weighted by Gasteiger charge is -2.14. The maximum atomic E-state index is 4.70. The van der Waals surface area contributed by atoms with Crippen LogP contribution in [0.25, 0.3) is 55.7 Å². The fraction of sp³-hybridized carbons (Fsp3) is 0.179. The number of aromatic nitrogens is 7. The second kappa shape index (κ2) is 8.66. The van der Waals surface area contributed by atoms with Gasteiger partial charge in [0.25, 0.3) is 0 Å². The SMILES string of the molecule is c1cc(-c2ccnc3[nH]c(-c4n[nH]c5cnc(-c6cncc(CN7CCCC7)c6)cc45)cc23)ccn1. The van der Waals surface area contributed by atoms with Crippen LogP contribution in [0.1, 0.15) is 18.4 Å². The molecule has 8 heteroatoms. The predicted molar refractivity (Wildman–Crippen MR) is 140 cm³/mol. The number of aromatic amines is 2. The average Bonchev–Trinajstić information content (AvgIpc) is 3.68. The van der Waals surface area contributed by atoms with Gasteiger partial charge in [-0.1, -0.05) is 0 Å². The molecule has 1 aliphatic rings. The van der Waals surface area contributed by atoms with Crippen molar-refractivity contribution < 1.29 is 0 Å². The normalized spacial score (nSPS) is 14.2. The molecule has 0 saturated carbocycles. The molecule has 0 aliphatic carbocycles. The van der Waals surface area contributed by atoms with E-state index in [0.29, 0.717) is 0 Å². The Morgan fingerprint density at radius 2 is 1.69 bits per heavy atom. The number of hydrogen-bond acceptors (Lipinski definition) is 6. The van der Waals surface area contributed by atoms with Crippen LogP contribution in [0.15, 0.2) is 73.6 Å². The summed E-state index contributed by atoms with van der Waals surface area (Å²) in [6.45, 7) is 3.26. The molecule has 6 aromatic rings. The molecule has 0 atom stereocenters. The largest absolute Gasteiger partial charge is 0.338 e. The van der Waals surface area contributed by atoms with Crippen molar-refractivity contribution in [3.05, 3.63) is 79.1 Å². The first-order valence-electron chi connectivity index (χ1n) is 12.2. The van der Waals surface area contributed by atoms with Crippen molar-refractivity contribution in [2.45, 2.75) is 19.4 Å². The molecule has 0 amide bonds. The molecule has 0 bridgehead atoms. The van der Waals surface area contributed by atoms with Crippen LogP contribution in [0.5, 0.6) is 0 Å². The van der Waals surface area contributed by atoms with Gasteiger partial charge in [-0.15, -0.1) is 0 Å². The Labute approximate surface area is 207 Å². The van der Waals surface area contributed by atoms with Crippen LogP contribution in [0.2, 0.25) is 0 Å². The maximum absolute atomic E-state index is 4.70. The van der Waals surface area contributed by atoms with Crippen molar-refractivity contribution in [1.82, 2.24) is 40.0 Å². The Morgan fingerprint density at radius 1 is 0.806 bits per heavy atom. The van der Waals surface area contributed by atoms with Crippen LogP contribution in [0.3, 0.4) is 0 Å². The average molecular weight is 473 g/mol. The number of likely N-dealkylation sites (tertiary alicyclic amines) is 1. The van der Waals surface area contributed by atoms with E-state index >= 15 is 0 Å². The Balaban J connectivity index is 1.28. The molecule has 0 aromatic carbocycles. The molecule has 7 heterocycles. The van der Waals surface area contributed by atoms with Crippen molar-refractivity contribution in [3.63, 3.8) is 0 Å². The molecule has 0 radical (unpaired) electrons. The molecule has 176 valence electrons. The number of nitrogens with zero attached hydrogens (tertiary/aromatic N) is 6. The van der Waals surface area contributed by atoms with E-state index in [9.17, 15) is 0 Å². The van der Waals surface area contributed by atoms with E-state index in [1.54, 1.807) is 12.4 Å². The third-order valence-electron chi connectivity index (χ3n) is 6.92. The van der Waals surface area contributed by atoms with Gasteiger partial charge in [-0.25, -0.2) is 4.98 Å². The second-order valence-corrected chi connectivity index (χ2v) is 9.29. The van der Waals surface area contributed by atoms with Gasteiger partial charge in [0.2, 0.25) is 0 Å². The van der Waals surface area contributed by atoms with Gasteiger partial charge in [-0.2, -0.15) is 5.10 Å². The quantitative estimate of drug-likeness (QED) is 0.357. The minimum atomic E-state index is 0.823.